The summed E-state index contributed by atoms with van der Waals surface area (Å²) in [5.41, 5.74) is 0.980. The van der Waals surface area contributed by atoms with Crippen LogP contribution in [0.5, 0.6) is 0 Å². The molecule has 1 aliphatic rings. The molecule has 2 rings (SSSR count). The minimum absolute atomic E-state index is 0.140. The molecule has 0 spiro atoms. The number of nitrogens with one attached hydrogen (secondary N) is 1. The van der Waals surface area contributed by atoms with Gasteiger partial charge in [-0.3, -0.25) is 0 Å². The number of benzene rings is 1. The topological polar surface area (TPSA) is 75.7 Å². The molecule has 0 amide bonds. The Morgan fingerprint density at radius 3 is 2.50 bits per heavy atom. The summed E-state index contributed by atoms with van der Waals surface area (Å²) >= 11 is 0. The largest absolute Gasteiger partial charge is 0.465 e. The highest BCUT2D eigenvalue weighted by Crippen LogP contribution is 2.23. The number of ether oxygens (including phenoxy) is 1. The van der Waals surface area contributed by atoms with Crippen molar-refractivity contribution in [2.24, 2.45) is 0 Å². The third kappa shape index (κ3) is 3.31. The average Bonchev–Trinajstić information content (AvgIpc) is 2.54. The lowest BCUT2D eigenvalue weighted by atomic mass is 10.1. The summed E-state index contributed by atoms with van der Waals surface area (Å²) < 4.78 is 31.6. The maximum Gasteiger partial charge on any atom is 0.338 e. The van der Waals surface area contributed by atoms with Crippen molar-refractivity contribution in [1.29, 1.82) is 0 Å². The molecule has 1 saturated heterocycles. The van der Waals surface area contributed by atoms with E-state index in [1.165, 1.54) is 17.5 Å². The smallest absolute Gasteiger partial charge is 0.338 e. The first-order valence-corrected chi connectivity index (χ1v) is 8.70. The van der Waals surface area contributed by atoms with Crippen LogP contribution in [0.15, 0.2) is 23.1 Å². The van der Waals surface area contributed by atoms with Crippen LogP contribution < -0.4 is 5.32 Å². The predicted molar refractivity (Wildman–Crippen MR) is 83.4 cm³/mol. The SMILES string of the molecule is CNC1CCN(S(=O)(=O)c2ccc(C)c(C(=O)OC)c2)CC1. The number of aryl methyl sites for hydroxylation is 1. The maximum absolute atomic E-state index is 12.7. The molecule has 0 radical (unpaired) electrons. The Morgan fingerprint density at radius 2 is 1.95 bits per heavy atom. The lowest BCUT2D eigenvalue weighted by Crippen LogP contribution is -2.43. The molecule has 1 N–H and O–H groups in total. The predicted octanol–water partition coefficient (Wildman–Crippen LogP) is 1.15. The van der Waals surface area contributed by atoms with Gasteiger partial charge in [-0.15, -0.1) is 0 Å². The van der Waals surface area contributed by atoms with E-state index >= 15 is 0 Å². The molecule has 1 aromatic rings. The summed E-state index contributed by atoms with van der Waals surface area (Å²) in [7, 11) is -0.407. The molecule has 1 aliphatic heterocycles. The number of nitrogens with zero attached hydrogens (tertiary/aromatic N) is 1. The van der Waals surface area contributed by atoms with Crippen molar-refractivity contribution in [1.82, 2.24) is 9.62 Å². The van der Waals surface area contributed by atoms with Crippen LogP contribution in [0.3, 0.4) is 0 Å². The van der Waals surface area contributed by atoms with E-state index in [-0.39, 0.29) is 10.5 Å². The summed E-state index contributed by atoms with van der Waals surface area (Å²) in [6.07, 6.45) is 1.57. The Kier molecular flexibility index (Phi) is 5.20. The summed E-state index contributed by atoms with van der Waals surface area (Å²) in [6.45, 7) is 2.71. The van der Waals surface area contributed by atoms with Crippen molar-refractivity contribution in [2.45, 2.75) is 30.7 Å². The first-order valence-electron chi connectivity index (χ1n) is 7.26. The number of methoxy groups -OCH3 is 1. The van der Waals surface area contributed by atoms with Gasteiger partial charge in [0, 0.05) is 19.1 Å². The van der Waals surface area contributed by atoms with E-state index in [0.717, 1.165) is 12.8 Å². The number of carbonyl (C=O) groups is 1. The van der Waals surface area contributed by atoms with Crippen LogP contribution >= 0.6 is 0 Å². The van der Waals surface area contributed by atoms with Crippen LogP contribution in [0.25, 0.3) is 0 Å². The molecule has 0 unspecified atom stereocenters. The fourth-order valence-electron chi connectivity index (χ4n) is 2.63. The zero-order valence-electron chi connectivity index (χ0n) is 13.1. The van der Waals surface area contributed by atoms with E-state index in [9.17, 15) is 13.2 Å². The van der Waals surface area contributed by atoms with E-state index in [1.54, 1.807) is 19.1 Å². The van der Waals surface area contributed by atoms with Gasteiger partial charge < -0.3 is 10.1 Å². The highest BCUT2D eigenvalue weighted by atomic mass is 32.2. The molecular weight excluding hydrogens is 304 g/mol. The van der Waals surface area contributed by atoms with Gasteiger partial charge in [-0.2, -0.15) is 4.31 Å². The number of carbonyl (C=O) groups excluding carboxylic acids is 1. The number of sulfonamides is 1. The summed E-state index contributed by atoms with van der Waals surface area (Å²) in [6, 6.07) is 4.94. The quantitative estimate of drug-likeness (QED) is 0.840. The van der Waals surface area contributed by atoms with E-state index in [1.807, 2.05) is 7.05 Å². The lowest BCUT2D eigenvalue weighted by Gasteiger charge is -2.31. The Bertz CT molecular complexity index is 650. The Morgan fingerprint density at radius 1 is 1.32 bits per heavy atom. The van der Waals surface area contributed by atoms with E-state index in [2.05, 4.69) is 5.32 Å². The van der Waals surface area contributed by atoms with Gasteiger partial charge in [0.15, 0.2) is 0 Å². The minimum Gasteiger partial charge on any atom is -0.465 e. The zero-order valence-corrected chi connectivity index (χ0v) is 13.9. The molecule has 1 fully saturated rings. The van der Waals surface area contributed by atoms with Crippen molar-refractivity contribution in [3.05, 3.63) is 29.3 Å². The number of piperidine rings is 1. The Hall–Kier alpha value is -1.44. The van der Waals surface area contributed by atoms with Gasteiger partial charge in [0.1, 0.15) is 0 Å². The number of esters is 1. The van der Waals surface area contributed by atoms with E-state index < -0.39 is 16.0 Å². The Balaban J connectivity index is 2.28. The molecule has 7 heteroatoms. The fraction of sp³-hybridized carbons (Fsp3) is 0.533. The van der Waals surface area contributed by atoms with Gasteiger partial charge in [0.2, 0.25) is 10.0 Å². The minimum atomic E-state index is -3.58. The molecule has 6 nitrogen and oxygen atoms in total. The van der Waals surface area contributed by atoms with Crippen molar-refractivity contribution >= 4 is 16.0 Å². The molecule has 1 heterocycles. The second kappa shape index (κ2) is 6.76. The van der Waals surface area contributed by atoms with E-state index in [0.29, 0.717) is 24.7 Å². The van der Waals surface area contributed by atoms with Gasteiger partial charge >= 0.3 is 5.97 Å². The zero-order chi connectivity index (χ0) is 16.3. The summed E-state index contributed by atoms with van der Waals surface area (Å²) in [4.78, 5) is 11.9. The first-order chi connectivity index (χ1) is 10.4. The highest BCUT2D eigenvalue weighted by Gasteiger charge is 2.29. The number of hydrogen-bond acceptors (Lipinski definition) is 5. The molecular formula is C15H22N2O4S. The van der Waals surface area contributed by atoms with Crippen LogP contribution in [-0.4, -0.2) is 52.0 Å². The molecule has 122 valence electrons. The van der Waals surface area contributed by atoms with Gasteiger partial charge in [-0.1, -0.05) is 6.07 Å². The summed E-state index contributed by atoms with van der Waals surface area (Å²) in [5.74, 6) is -0.525. The van der Waals surface area contributed by atoms with Crippen LogP contribution in [0.2, 0.25) is 0 Å². The normalized spacial score (nSPS) is 17.4. The molecule has 0 aliphatic carbocycles. The fourth-order valence-corrected chi connectivity index (χ4v) is 4.12. The van der Waals surface area contributed by atoms with Crippen LogP contribution in [0, 0.1) is 6.92 Å². The van der Waals surface area contributed by atoms with Gasteiger partial charge in [0.05, 0.1) is 17.6 Å². The maximum atomic E-state index is 12.7. The molecule has 0 atom stereocenters. The van der Waals surface area contributed by atoms with E-state index in [4.69, 9.17) is 4.74 Å². The Labute approximate surface area is 131 Å². The second-order valence-electron chi connectivity index (χ2n) is 5.44. The summed E-state index contributed by atoms with van der Waals surface area (Å²) in [5, 5.41) is 3.17. The standard InChI is InChI=1S/C15H22N2O4S/c1-11-4-5-13(10-14(11)15(18)21-3)22(19,20)17-8-6-12(16-2)7-9-17/h4-5,10,12,16H,6-9H2,1-3H3. The van der Waals surface area contributed by atoms with Crippen molar-refractivity contribution in [3.63, 3.8) is 0 Å². The lowest BCUT2D eigenvalue weighted by molar-refractivity contribution is 0.0599. The van der Waals surface area contributed by atoms with Crippen LogP contribution in [0.4, 0.5) is 0 Å². The van der Waals surface area contributed by atoms with Crippen molar-refractivity contribution < 1.29 is 17.9 Å². The number of hydrogen-bond donors (Lipinski definition) is 1. The molecule has 0 aromatic heterocycles. The van der Waals surface area contributed by atoms with Crippen LogP contribution in [0.1, 0.15) is 28.8 Å². The van der Waals surface area contributed by atoms with Crippen molar-refractivity contribution in [3.8, 4) is 0 Å². The molecule has 0 bridgehead atoms. The molecule has 1 aromatic carbocycles. The van der Waals surface area contributed by atoms with Crippen molar-refractivity contribution in [2.75, 3.05) is 27.2 Å². The first kappa shape index (κ1) is 16.9. The monoisotopic (exact) mass is 326 g/mol. The molecule has 22 heavy (non-hydrogen) atoms. The van der Waals surface area contributed by atoms with Gasteiger partial charge in [0.25, 0.3) is 0 Å². The third-order valence-electron chi connectivity index (χ3n) is 4.11. The third-order valence-corrected chi connectivity index (χ3v) is 6.01. The average molecular weight is 326 g/mol. The number of rotatable bonds is 4. The van der Waals surface area contributed by atoms with Gasteiger partial charge in [-0.25, -0.2) is 13.2 Å². The second-order valence-corrected chi connectivity index (χ2v) is 7.37. The molecule has 0 saturated carbocycles. The highest BCUT2D eigenvalue weighted by molar-refractivity contribution is 7.89. The van der Waals surface area contributed by atoms with Gasteiger partial charge in [-0.05, 0) is 44.5 Å². The van der Waals surface area contributed by atoms with Crippen LogP contribution in [-0.2, 0) is 14.8 Å².